The second-order valence-electron chi connectivity index (χ2n) is 21.6. The molecule has 2 saturated carbocycles. The average molecular weight is 610 g/mol. The molecule has 2 heteroatoms. The Balaban J connectivity index is 0. The standard InChI is InChI=1S/C10H22.C9H19N.C9H18.C7H18Si.C5H10/c1-9(2,3)7-8-10(4,5)6;1-8(2)6-7-9(3,4)10(8)5;1-8(2)5-6-9(3,4)7-8;1-5-6-7-8(2,3)4;1-5(2)3-4-5/h7-8H2,1-6H3;6-7H2,1-5H3;5-7H2,1-4H3;5-7H2,1-4H3;3-4H2,1-2H3. The topological polar surface area (TPSA) is 3.24 Å². The molecular weight excluding hydrogens is 523 g/mol. The van der Waals surface area contributed by atoms with Crippen molar-refractivity contribution in [2.45, 2.75) is 225 Å². The van der Waals surface area contributed by atoms with Gasteiger partial charge in [-0.05, 0) is 120 Å². The lowest BCUT2D eigenvalue weighted by Gasteiger charge is -2.36. The summed E-state index contributed by atoms with van der Waals surface area (Å²) in [5.41, 5.74) is 3.86. The van der Waals surface area contributed by atoms with Gasteiger partial charge in [0.15, 0.2) is 0 Å². The molecule has 0 bridgehead atoms. The molecule has 256 valence electrons. The number of nitrogens with zero attached hydrogens (tertiary/aromatic N) is 1. The van der Waals surface area contributed by atoms with Crippen LogP contribution in [0.1, 0.15) is 188 Å². The molecular formula is C40H87NSi. The SMILES string of the molecule is CC(C)(C)CCC(C)(C)C.CC1(C)CC1.CC1(C)CCC(C)(C)C1.CCCC[Si](C)(C)C.CN1C(C)(C)CCC1(C)C. The quantitative estimate of drug-likeness (QED) is 0.287. The average Bonchev–Trinajstić information content (AvgIpc) is 3.34. The first-order valence-corrected chi connectivity index (χ1v) is 21.7. The van der Waals surface area contributed by atoms with Crippen LogP contribution in [0.3, 0.4) is 0 Å². The van der Waals surface area contributed by atoms with E-state index in [1.165, 1.54) is 76.7 Å². The zero-order chi connectivity index (χ0) is 34.1. The molecule has 0 amide bonds. The Morgan fingerprint density at radius 2 is 0.857 bits per heavy atom. The minimum atomic E-state index is -0.678. The first-order valence-electron chi connectivity index (χ1n) is 18.0. The molecule has 1 heterocycles. The predicted molar refractivity (Wildman–Crippen MR) is 201 cm³/mol. The number of unbranched alkanes of at least 4 members (excludes halogenated alkanes) is 1. The van der Waals surface area contributed by atoms with Crippen molar-refractivity contribution in [3.05, 3.63) is 0 Å². The third-order valence-corrected chi connectivity index (χ3v) is 11.6. The molecule has 3 aliphatic rings. The fourth-order valence-electron chi connectivity index (χ4n) is 5.62. The van der Waals surface area contributed by atoms with Crippen LogP contribution in [-0.2, 0) is 0 Å². The van der Waals surface area contributed by atoms with E-state index in [0.717, 1.165) is 5.41 Å². The van der Waals surface area contributed by atoms with Crippen LogP contribution in [0.2, 0.25) is 25.7 Å². The summed E-state index contributed by atoms with van der Waals surface area (Å²) in [7, 11) is 1.55. The molecule has 0 radical (unpaired) electrons. The highest BCUT2D eigenvalue weighted by molar-refractivity contribution is 6.76. The van der Waals surface area contributed by atoms with Gasteiger partial charge in [0.05, 0.1) is 0 Å². The molecule has 0 atom stereocenters. The molecule has 0 unspecified atom stereocenters. The smallest absolute Gasteiger partial charge is 0.0442 e. The van der Waals surface area contributed by atoms with Gasteiger partial charge in [-0.25, -0.2) is 0 Å². The highest BCUT2D eigenvalue weighted by Crippen LogP contribution is 2.48. The Morgan fingerprint density at radius 1 is 0.548 bits per heavy atom. The van der Waals surface area contributed by atoms with Gasteiger partial charge in [-0.2, -0.15) is 0 Å². The molecule has 42 heavy (non-hydrogen) atoms. The highest BCUT2D eigenvalue weighted by Gasteiger charge is 2.41. The van der Waals surface area contributed by atoms with Gasteiger partial charge in [0.1, 0.15) is 0 Å². The van der Waals surface area contributed by atoms with Gasteiger partial charge in [-0.15, -0.1) is 0 Å². The van der Waals surface area contributed by atoms with Crippen LogP contribution in [0.15, 0.2) is 0 Å². The van der Waals surface area contributed by atoms with Crippen molar-refractivity contribution in [2.75, 3.05) is 7.05 Å². The van der Waals surface area contributed by atoms with E-state index in [9.17, 15) is 0 Å². The van der Waals surface area contributed by atoms with Crippen LogP contribution in [0.25, 0.3) is 0 Å². The summed E-state index contributed by atoms with van der Waals surface area (Å²) >= 11 is 0. The molecule has 0 aromatic carbocycles. The molecule has 3 rings (SSSR count). The summed E-state index contributed by atoms with van der Waals surface area (Å²) in [6, 6.07) is 1.50. The van der Waals surface area contributed by atoms with Gasteiger partial charge in [-0.1, -0.05) is 129 Å². The van der Waals surface area contributed by atoms with Gasteiger partial charge in [0, 0.05) is 19.2 Å². The van der Waals surface area contributed by atoms with Crippen molar-refractivity contribution in [1.82, 2.24) is 4.90 Å². The van der Waals surface area contributed by atoms with Crippen molar-refractivity contribution in [3.63, 3.8) is 0 Å². The van der Waals surface area contributed by atoms with Gasteiger partial charge in [0.25, 0.3) is 0 Å². The van der Waals surface area contributed by atoms with E-state index in [2.05, 4.69) is 149 Å². The Bertz CT molecular complexity index is 668. The maximum atomic E-state index is 2.49. The van der Waals surface area contributed by atoms with E-state index >= 15 is 0 Å². The van der Waals surface area contributed by atoms with Crippen LogP contribution < -0.4 is 0 Å². The number of likely N-dealkylation sites (tertiary alicyclic amines) is 1. The summed E-state index contributed by atoms with van der Waals surface area (Å²) in [6.45, 7) is 46.8. The Hall–Kier alpha value is 0.177. The first kappa shape index (κ1) is 44.3. The lowest BCUT2D eigenvalue weighted by molar-refractivity contribution is 0.115. The van der Waals surface area contributed by atoms with Crippen LogP contribution in [0.5, 0.6) is 0 Å². The van der Waals surface area contributed by atoms with E-state index in [-0.39, 0.29) is 0 Å². The van der Waals surface area contributed by atoms with E-state index in [1.807, 2.05) is 0 Å². The van der Waals surface area contributed by atoms with Crippen LogP contribution >= 0.6 is 0 Å². The second-order valence-corrected chi connectivity index (χ2v) is 27.3. The second kappa shape index (κ2) is 16.7. The van der Waals surface area contributed by atoms with Gasteiger partial charge in [-0.3, -0.25) is 4.90 Å². The molecule has 0 aromatic rings. The molecule has 1 aliphatic heterocycles. The summed E-state index contributed by atoms with van der Waals surface area (Å²) in [5.74, 6) is 0. The van der Waals surface area contributed by atoms with Crippen LogP contribution in [0, 0.1) is 27.1 Å². The molecule has 2 aliphatic carbocycles. The van der Waals surface area contributed by atoms with Crippen molar-refractivity contribution in [2.24, 2.45) is 27.1 Å². The lowest BCUT2D eigenvalue weighted by atomic mass is 9.81. The van der Waals surface area contributed by atoms with Crippen molar-refractivity contribution < 1.29 is 0 Å². The Labute approximate surface area is 271 Å². The normalized spacial score (nSPS) is 23.1. The predicted octanol–water partition coefficient (Wildman–Crippen LogP) is 14.3. The molecule has 0 N–H and O–H groups in total. The lowest BCUT2D eigenvalue weighted by Crippen LogP contribution is -2.44. The van der Waals surface area contributed by atoms with E-state index < -0.39 is 8.07 Å². The number of hydrogen-bond acceptors (Lipinski definition) is 1. The van der Waals surface area contributed by atoms with Gasteiger partial charge < -0.3 is 0 Å². The summed E-state index contributed by atoms with van der Waals surface area (Å²) < 4.78 is 0. The third-order valence-electron chi connectivity index (χ3n) is 9.76. The van der Waals surface area contributed by atoms with Crippen LogP contribution in [-0.4, -0.2) is 31.1 Å². The molecule has 0 spiro atoms. The third kappa shape index (κ3) is 25.5. The largest absolute Gasteiger partial charge is 0.296 e. The molecule has 1 nitrogen and oxygen atoms in total. The zero-order valence-corrected chi connectivity index (χ0v) is 34.9. The zero-order valence-electron chi connectivity index (χ0n) is 33.9. The van der Waals surface area contributed by atoms with Crippen molar-refractivity contribution in [3.8, 4) is 0 Å². The van der Waals surface area contributed by atoms with Gasteiger partial charge >= 0.3 is 0 Å². The number of rotatable bonds is 4. The maximum Gasteiger partial charge on any atom is 0.0442 e. The van der Waals surface area contributed by atoms with E-state index in [1.54, 1.807) is 0 Å². The van der Waals surface area contributed by atoms with Crippen molar-refractivity contribution >= 4 is 8.07 Å². The maximum absolute atomic E-state index is 2.49. The monoisotopic (exact) mass is 610 g/mol. The number of hydrogen-bond donors (Lipinski definition) is 0. The summed E-state index contributed by atoms with van der Waals surface area (Å²) in [5, 5.41) is 0. The first-order chi connectivity index (χ1) is 18.3. The molecule has 1 saturated heterocycles. The van der Waals surface area contributed by atoms with Crippen LogP contribution in [0.4, 0.5) is 0 Å². The minimum absolute atomic E-state index is 0.420. The minimum Gasteiger partial charge on any atom is -0.296 e. The Kier molecular flexibility index (Phi) is 17.6. The molecule has 3 fully saturated rings. The summed E-state index contributed by atoms with van der Waals surface area (Å²) in [6.07, 6.45) is 15.3. The van der Waals surface area contributed by atoms with Gasteiger partial charge in [0.2, 0.25) is 0 Å². The highest BCUT2D eigenvalue weighted by atomic mass is 28.3. The fourth-order valence-corrected chi connectivity index (χ4v) is 7.04. The Morgan fingerprint density at radius 3 is 0.952 bits per heavy atom. The van der Waals surface area contributed by atoms with E-state index in [4.69, 9.17) is 0 Å². The molecule has 0 aromatic heterocycles. The summed E-state index contributed by atoms with van der Waals surface area (Å²) in [4.78, 5) is 2.49. The van der Waals surface area contributed by atoms with Crippen molar-refractivity contribution in [1.29, 1.82) is 0 Å². The fraction of sp³-hybridized carbons (Fsp3) is 1.00. The van der Waals surface area contributed by atoms with E-state index in [0.29, 0.717) is 32.7 Å².